The van der Waals surface area contributed by atoms with Crippen LogP contribution >= 0.6 is 0 Å². The van der Waals surface area contributed by atoms with Crippen molar-refractivity contribution < 1.29 is 22.9 Å². The lowest BCUT2D eigenvalue weighted by molar-refractivity contribution is -0.385. The first-order valence-corrected chi connectivity index (χ1v) is 6.42. The number of hydrogen-bond acceptors (Lipinski definition) is 3. The van der Waals surface area contributed by atoms with E-state index in [4.69, 9.17) is 0 Å². The molecular weight excluding hydrogens is 313 g/mol. The summed E-state index contributed by atoms with van der Waals surface area (Å²) in [4.78, 5) is 22.3. The Morgan fingerprint density at radius 3 is 2.48 bits per heavy atom. The molecule has 120 valence electrons. The van der Waals surface area contributed by atoms with Crippen LogP contribution in [0.3, 0.4) is 0 Å². The summed E-state index contributed by atoms with van der Waals surface area (Å²) in [7, 11) is 0. The molecule has 0 radical (unpaired) electrons. The van der Waals surface area contributed by atoms with Gasteiger partial charge in [0.05, 0.1) is 10.5 Å². The van der Waals surface area contributed by atoms with Gasteiger partial charge in [-0.2, -0.15) is 13.2 Å². The van der Waals surface area contributed by atoms with Gasteiger partial charge in [-0.1, -0.05) is 12.1 Å². The van der Waals surface area contributed by atoms with E-state index in [0.29, 0.717) is 5.56 Å². The highest BCUT2D eigenvalue weighted by molar-refractivity contribution is 6.04. The van der Waals surface area contributed by atoms with Crippen molar-refractivity contribution in [1.82, 2.24) is 0 Å². The third-order valence-corrected chi connectivity index (χ3v) is 3.12. The van der Waals surface area contributed by atoms with Gasteiger partial charge in [0.25, 0.3) is 11.6 Å². The van der Waals surface area contributed by atoms with Crippen LogP contribution in [-0.4, -0.2) is 10.8 Å². The Kier molecular flexibility index (Phi) is 4.35. The first-order valence-electron chi connectivity index (χ1n) is 6.42. The average molecular weight is 324 g/mol. The number of amides is 1. The Bertz CT molecular complexity index is 773. The number of nitrogens with one attached hydrogen (secondary N) is 1. The predicted molar refractivity (Wildman–Crippen MR) is 77.2 cm³/mol. The quantitative estimate of drug-likeness (QED) is 0.680. The first kappa shape index (κ1) is 16.5. The Hall–Kier alpha value is -2.90. The van der Waals surface area contributed by atoms with Crippen molar-refractivity contribution >= 4 is 17.3 Å². The maximum Gasteiger partial charge on any atom is 0.416 e. The lowest BCUT2D eigenvalue weighted by atomic mass is 10.1. The SMILES string of the molecule is Cc1ccc(C(=O)Nc2cccc(C(F)(F)F)c2)cc1[N+](=O)[O-]. The summed E-state index contributed by atoms with van der Waals surface area (Å²) in [6, 6.07) is 7.99. The molecule has 0 spiro atoms. The molecule has 0 aliphatic heterocycles. The Labute approximate surface area is 128 Å². The minimum Gasteiger partial charge on any atom is -0.322 e. The van der Waals surface area contributed by atoms with E-state index in [9.17, 15) is 28.1 Å². The molecule has 1 amide bonds. The molecule has 2 aromatic carbocycles. The van der Waals surface area contributed by atoms with E-state index in [0.717, 1.165) is 24.3 Å². The standard InChI is InChI=1S/C15H11F3N2O3/c1-9-5-6-10(7-13(9)20(22)23)14(21)19-12-4-2-3-11(8-12)15(16,17)18/h2-8H,1H3,(H,19,21). The van der Waals surface area contributed by atoms with Gasteiger partial charge in [0.2, 0.25) is 0 Å². The Morgan fingerprint density at radius 2 is 1.87 bits per heavy atom. The second-order valence-corrected chi connectivity index (χ2v) is 4.79. The van der Waals surface area contributed by atoms with Crippen molar-refractivity contribution in [2.75, 3.05) is 5.32 Å². The number of hydrogen-bond donors (Lipinski definition) is 1. The molecule has 8 heteroatoms. The van der Waals surface area contributed by atoms with Crippen LogP contribution in [0.4, 0.5) is 24.5 Å². The van der Waals surface area contributed by atoms with E-state index in [1.165, 1.54) is 25.1 Å². The number of nitrogens with zero attached hydrogens (tertiary/aromatic N) is 1. The van der Waals surface area contributed by atoms with Gasteiger partial charge in [-0.05, 0) is 31.2 Å². The fourth-order valence-electron chi connectivity index (χ4n) is 1.92. The second-order valence-electron chi connectivity index (χ2n) is 4.79. The van der Waals surface area contributed by atoms with Gasteiger partial charge in [0.1, 0.15) is 0 Å². The molecule has 5 nitrogen and oxygen atoms in total. The summed E-state index contributed by atoms with van der Waals surface area (Å²) in [5.41, 5.74) is -0.815. The van der Waals surface area contributed by atoms with Crippen molar-refractivity contribution in [2.24, 2.45) is 0 Å². The van der Waals surface area contributed by atoms with Crippen LogP contribution in [0, 0.1) is 17.0 Å². The number of benzene rings is 2. The zero-order chi connectivity index (χ0) is 17.2. The van der Waals surface area contributed by atoms with Crippen LogP contribution in [-0.2, 0) is 6.18 Å². The molecule has 0 heterocycles. The normalized spacial score (nSPS) is 11.1. The van der Waals surface area contributed by atoms with Crippen LogP contribution in [0.25, 0.3) is 0 Å². The Morgan fingerprint density at radius 1 is 1.17 bits per heavy atom. The van der Waals surface area contributed by atoms with Gasteiger partial charge in [0, 0.05) is 22.9 Å². The highest BCUT2D eigenvalue weighted by Crippen LogP contribution is 2.30. The summed E-state index contributed by atoms with van der Waals surface area (Å²) in [5.74, 6) is -0.729. The molecule has 0 atom stereocenters. The molecule has 2 aromatic rings. The number of nitro groups is 1. The van der Waals surface area contributed by atoms with Crippen molar-refractivity contribution in [3.05, 3.63) is 69.3 Å². The molecule has 0 aliphatic carbocycles. The van der Waals surface area contributed by atoms with E-state index in [1.54, 1.807) is 0 Å². The third kappa shape index (κ3) is 3.85. The zero-order valence-corrected chi connectivity index (χ0v) is 11.8. The third-order valence-electron chi connectivity index (χ3n) is 3.12. The summed E-state index contributed by atoms with van der Waals surface area (Å²) < 4.78 is 37.9. The van der Waals surface area contributed by atoms with E-state index in [1.807, 2.05) is 0 Å². The molecular formula is C15H11F3N2O3. The van der Waals surface area contributed by atoms with E-state index >= 15 is 0 Å². The highest BCUT2D eigenvalue weighted by Gasteiger charge is 2.30. The number of carbonyl (C=O) groups is 1. The van der Waals surface area contributed by atoms with Gasteiger partial charge >= 0.3 is 6.18 Å². The lowest BCUT2D eigenvalue weighted by Crippen LogP contribution is -2.13. The number of rotatable bonds is 3. The van der Waals surface area contributed by atoms with Gasteiger partial charge in [-0.3, -0.25) is 14.9 Å². The first-order chi connectivity index (χ1) is 10.7. The van der Waals surface area contributed by atoms with Gasteiger partial charge in [0.15, 0.2) is 0 Å². The van der Waals surface area contributed by atoms with Crippen LogP contribution in [0.5, 0.6) is 0 Å². The van der Waals surface area contributed by atoms with E-state index in [-0.39, 0.29) is 16.9 Å². The van der Waals surface area contributed by atoms with Crippen LogP contribution in [0.15, 0.2) is 42.5 Å². The van der Waals surface area contributed by atoms with E-state index < -0.39 is 22.6 Å². The fraction of sp³-hybridized carbons (Fsp3) is 0.133. The summed E-state index contributed by atoms with van der Waals surface area (Å²) in [6.45, 7) is 1.52. The molecule has 23 heavy (non-hydrogen) atoms. The van der Waals surface area contributed by atoms with Gasteiger partial charge in [-0.15, -0.1) is 0 Å². The predicted octanol–water partition coefficient (Wildman–Crippen LogP) is 4.17. The van der Waals surface area contributed by atoms with Crippen molar-refractivity contribution in [2.45, 2.75) is 13.1 Å². The number of aryl methyl sites for hydroxylation is 1. The van der Waals surface area contributed by atoms with E-state index in [2.05, 4.69) is 5.32 Å². The molecule has 0 saturated heterocycles. The Balaban J connectivity index is 2.26. The number of alkyl halides is 3. The zero-order valence-electron chi connectivity index (χ0n) is 11.8. The smallest absolute Gasteiger partial charge is 0.322 e. The molecule has 2 rings (SSSR count). The topological polar surface area (TPSA) is 72.2 Å². The molecule has 1 N–H and O–H groups in total. The van der Waals surface area contributed by atoms with Gasteiger partial charge < -0.3 is 5.32 Å². The maximum absolute atomic E-state index is 12.6. The molecule has 0 aliphatic rings. The van der Waals surface area contributed by atoms with Crippen molar-refractivity contribution in [3.8, 4) is 0 Å². The second kappa shape index (κ2) is 6.07. The minimum atomic E-state index is -4.52. The minimum absolute atomic E-state index is 0.0142. The molecule has 0 bridgehead atoms. The molecule has 0 saturated carbocycles. The summed E-state index contributed by atoms with van der Waals surface area (Å²) in [6.07, 6.45) is -4.52. The molecule has 0 unspecified atom stereocenters. The maximum atomic E-state index is 12.6. The number of halogens is 3. The van der Waals surface area contributed by atoms with Crippen LogP contribution < -0.4 is 5.32 Å². The van der Waals surface area contributed by atoms with Crippen molar-refractivity contribution in [3.63, 3.8) is 0 Å². The summed E-state index contributed by atoms with van der Waals surface area (Å²) >= 11 is 0. The van der Waals surface area contributed by atoms with Gasteiger partial charge in [-0.25, -0.2) is 0 Å². The number of nitro benzene ring substituents is 1. The number of anilines is 1. The number of carbonyl (C=O) groups excluding carboxylic acids is 1. The fourth-order valence-corrected chi connectivity index (χ4v) is 1.92. The largest absolute Gasteiger partial charge is 0.416 e. The van der Waals surface area contributed by atoms with Crippen molar-refractivity contribution in [1.29, 1.82) is 0 Å². The average Bonchev–Trinajstić information content (AvgIpc) is 2.46. The lowest BCUT2D eigenvalue weighted by Gasteiger charge is -2.10. The highest BCUT2D eigenvalue weighted by atomic mass is 19.4. The molecule has 0 fully saturated rings. The molecule has 0 aromatic heterocycles. The monoisotopic (exact) mass is 324 g/mol. The van der Waals surface area contributed by atoms with Crippen LogP contribution in [0.1, 0.15) is 21.5 Å². The summed E-state index contributed by atoms with van der Waals surface area (Å²) in [5, 5.41) is 13.2. The van der Waals surface area contributed by atoms with Crippen LogP contribution in [0.2, 0.25) is 0 Å².